The number of anilines is 1. The fourth-order valence-corrected chi connectivity index (χ4v) is 1.51. The molecule has 0 radical (unpaired) electrons. The number of hydrogen-bond donors (Lipinski definition) is 3. The molecule has 18 heavy (non-hydrogen) atoms. The molecule has 0 fully saturated rings. The zero-order valence-corrected chi connectivity index (χ0v) is 10.6. The van der Waals surface area contributed by atoms with Gasteiger partial charge in [0, 0.05) is 11.7 Å². The van der Waals surface area contributed by atoms with Crippen molar-refractivity contribution in [3.05, 3.63) is 30.1 Å². The fraction of sp³-hybridized carbons (Fsp3) is 0.462. The number of aliphatic hydroxyl groups is 1. The Hall–Kier alpha value is -1.46. The highest BCUT2D eigenvalue weighted by Gasteiger charge is 2.12. The minimum Gasteiger partial charge on any atom is -0.395 e. The maximum atomic E-state index is 12.9. The second-order valence-electron chi connectivity index (χ2n) is 4.47. The van der Waals surface area contributed by atoms with Gasteiger partial charge in [-0.1, -0.05) is 19.9 Å². The van der Waals surface area contributed by atoms with Gasteiger partial charge in [0.2, 0.25) is 5.91 Å². The van der Waals surface area contributed by atoms with Crippen molar-refractivity contribution in [2.45, 2.75) is 19.9 Å². The molecule has 3 N–H and O–H groups in total. The van der Waals surface area contributed by atoms with Crippen molar-refractivity contribution in [2.24, 2.45) is 5.92 Å². The summed E-state index contributed by atoms with van der Waals surface area (Å²) in [7, 11) is 0. The van der Waals surface area contributed by atoms with Crippen LogP contribution in [0.1, 0.15) is 13.8 Å². The van der Waals surface area contributed by atoms with Crippen molar-refractivity contribution in [3.63, 3.8) is 0 Å². The molecule has 0 aliphatic rings. The number of carbonyl (C=O) groups excluding carboxylic acids is 1. The number of hydrogen-bond acceptors (Lipinski definition) is 3. The van der Waals surface area contributed by atoms with Gasteiger partial charge in [0.15, 0.2) is 0 Å². The van der Waals surface area contributed by atoms with Crippen molar-refractivity contribution >= 4 is 11.6 Å². The molecular weight excluding hydrogens is 235 g/mol. The van der Waals surface area contributed by atoms with E-state index in [0.717, 1.165) is 0 Å². The van der Waals surface area contributed by atoms with Gasteiger partial charge in [-0.3, -0.25) is 4.79 Å². The van der Waals surface area contributed by atoms with Gasteiger partial charge in [0.1, 0.15) is 5.82 Å². The average molecular weight is 254 g/mol. The molecule has 0 aromatic heterocycles. The first-order valence-corrected chi connectivity index (χ1v) is 5.92. The highest BCUT2D eigenvalue weighted by molar-refractivity contribution is 5.92. The summed E-state index contributed by atoms with van der Waals surface area (Å²) in [5.74, 6) is -0.423. The first-order chi connectivity index (χ1) is 8.52. The van der Waals surface area contributed by atoms with Gasteiger partial charge in [-0.25, -0.2) is 4.39 Å². The summed E-state index contributed by atoms with van der Waals surface area (Å²) < 4.78 is 12.9. The molecule has 0 spiro atoms. The number of amides is 1. The second kappa shape index (κ2) is 7.08. The van der Waals surface area contributed by atoms with Crippen molar-refractivity contribution < 1.29 is 14.3 Å². The Morgan fingerprint density at radius 2 is 2.17 bits per heavy atom. The van der Waals surface area contributed by atoms with Crippen LogP contribution < -0.4 is 10.6 Å². The van der Waals surface area contributed by atoms with E-state index in [-0.39, 0.29) is 31.0 Å². The summed E-state index contributed by atoms with van der Waals surface area (Å²) in [6.45, 7) is 3.97. The number of halogens is 1. The molecule has 100 valence electrons. The van der Waals surface area contributed by atoms with E-state index in [4.69, 9.17) is 5.11 Å². The Bertz CT molecular complexity index is 396. The highest BCUT2D eigenvalue weighted by atomic mass is 19.1. The molecule has 0 saturated heterocycles. The lowest BCUT2D eigenvalue weighted by Crippen LogP contribution is -2.41. The molecule has 1 rings (SSSR count). The van der Waals surface area contributed by atoms with Crippen molar-refractivity contribution in [1.82, 2.24) is 5.32 Å². The first-order valence-electron chi connectivity index (χ1n) is 5.92. The lowest BCUT2D eigenvalue weighted by molar-refractivity contribution is -0.115. The number of nitrogens with one attached hydrogen (secondary N) is 2. The smallest absolute Gasteiger partial charge is 0.238 e. The Morgan fingerprint density at radius 1 is 1.44 bits per heavy atom. The third-order valence-corrected chi connectivity index (χ3v) is 2.63. The number of rotatable bonds is 6. The monoisotopic (exact) mass is 254 g/mol. The van der Waals surface area contributed by atoms with E-state index in [1.54, 1.807) is 6.07 Å². The standard InChI is InChI=1S/C13H19FN2O2/c1-9(2)12(8-17)15-7-13(18)16-11-5-3-4-10(14)6-11/h3-6,9,12,15,17H,7-8H2,1-2H3,(H,16,18). The van der Waals surface area contributed by atoms with Gasteiger partial charge in [-0.2, -0.15) is 0 Å². The van der Waals surface area contributed by atoms with Crippen molar-refractivity contribution in [1.29, 1.82) is 0 Å². The van der Waals surface area contributed by atoms with E-state index < -0.39 is 5.82 Å². The lowest BCUT2D eigenvalue weighted by Gasteiger charge is -2.19. The van der Waals surface area contributed by atoms with Crippen LogP contribution in [0.2, 0.25) is 0 Å². The largest absolute Gasteiger partial charge is 0.395 e. The van der Waals surface area contributed by atoms with Gasteiger partial charge in [0.05, 0.1) is 13.2 Å². The number of benzene rings is 1. The van der Waals surface area contributed by atoms with Gasteiger partial charge in [-0.05, 0) is 24.1 Å². The normalized spacial score (nSPS) is 12.5. The van der Waals surface area contributed by atoms with E-state index in [0.29, 0.717) is 5.69 Å². The molecule has 4 nitrogen and oxygen atoms in total. The van der Waals surface area contributed by atoms with Crippen LogP contribution in [0.4, 0.5) is 10.1 Å². The lowest BCUT2D eigenvalue weighted by atomic mass is 10.1. The van der Waals surface area contributed by atoms with Gasteiger partial charge in [0.25, 0.3) is 0 Å². The predicted molar refractivity (Wildman–Crippen MR) is 68.7 cm³/mol. The minimum absolute atomic E-state index is 0.0229. The second-order valence-corrected chi connectivity index (χ2v) is 4.47. The van der Waals surface area contributed by atoms with Crippen LogP contribution in [-0.2, 0) is 4.79 Å². The maximum absolute atomic E-state index is 12.9. The highest BCUT2D eigenvalue weighted by Crippen LogP contribution is 2.08. The van der Waals surface area contributed by atoms with Crippen LogP contribution in [0.5, 0.6) is 0 Å². The van der Waals surface area contributed by atoms with E-state index >= 15 is 0 Å². The quantitative estimate of drug-likeness (QED) is 0.718. The van der Waals surface area contributed by atoms with Crippen molar-refractivity contribution in [2.75, 3.05) is 18.5 Å². The summed E-state index contributed by atoms with van der Waals surface area (Å²) in [5, 5.41) is 14.6. The topological polar surface area (TPSA) is 61.4 Å². The molecule has 0 saturated carbocycles. The van der Waals surface area contributed by atoms with Gasteiger partial charge >= 0.3 is 0 Å². The Morgan fingerprint density at radius 3 is 2.72 bits per heavy atom. The Kier molecular flexibility index (Phi) is 5.74. The zero-order valence-electron chi connectivity index (χ0n) is 10.6. The molecule has 5 heteroatoms. The summed E-state index contributed by atoms with van der Waals surface area (Å²) in [4.78, 5) is 11.6. The number of aliphatic hydroxyl groups excluding tert-OH is 1. The predicted octanol–water partition coefficient (Wildman–Crippen LogP) is 1.37. The maximum Gasteiger partial charge on any atom is 0.238 e. The van der Waals surface area contributed by atoms with E-state index in [1.807, 2.05) is 13.8 Å². The Balaban J connectivity index is 2.42. The average Bonchev–Trinajstić information content (AvgIpc) is 2.29. The summed E-state index contributed by atoms with van der Waals surface area (Å²) in [6, 6.07) is 5.59. The molecule has 1 atom stereocenters. The molecule has 1 aromatic carbocycles. The van der Waals surface area contributed by atoms with Crippen LogP contribution >= 0.6 is 0 Å². The molecule has 0 bridgehead atoms. The van der Waals surface area contributed by atoms with Crippen LogP contribution in [-0.4, -0.2) is 30.2 Å². The molecule has 0 heterocycles. The zero-order chi connectivity index (χ0) is 13.5. The molecule has 0 aliphatic carbocycles. The van der Waals surface area contributed by atoms with Crippen LogP contribution in [0.3, 0.4) is 0 Å². The SMILES string of the molecule is CC(C)C(CO)NCC(=O)Nc1cccc(F)c1. The molecule has 1 amide bonds. The molecule has 1 aromatic rings. The summed E-state index contributed by atoms with van der Waals surface area (Å²) in [6.07, 6.45) is 0. The van der Waals surface area contributed by atoms with Crippen LogP contribution in [0, 0.1) is 11.7 Å². The van der Waals surface area contributed by atoms with E-state index in [1.165, 1.54) is 18.2 Å². The van der Waals surface area contributed by atoms with Gasteiger partial charge in [-0.15, -0.1) is 0 Å². The molecule has 1 unspecified atom stereocenters. The van der Waals surface area contributed by atoms with E-state index in [2.05, 4.69) is 10.6 Å². The summed E-state index contributed by atoms with van der Waals surface area (Å²) in [5.41, 5.74) is 0.423. The summed E-state index contributed by atoms with van der Waals surface area (Å²) >= 11 is 0. The van der Waals surface area contributed by atoms with E-state index in [9.17, 15) is 9.18 Å². The van der Waals surface area contributed by atoms with Crippen molar-refractivity contribution in [3.8, 4) is 0 Å². The van der Waals surface area contributed by atoms with Crippen LogP contribution in [0.25, 0.3) is 0 Å². The first kappa shape index (κ1) is 14.6. The third-order valence-electron chi connectivity index (χ3n) is 2.63. The molecule has 0 aliphatic heterocycles. The van der Waals surface area contributed by atoms with Crippen LogP contribution in [0.15, 0.2) is 24.3 Å². The fourth-order valence-electron chi connectivity index (χ4n) is 1.51. The van der Waals surface area contributed by atoms with Gasteiger partial charge < -0.3 is 15.7 Å². The minimum atomic E-state index is -0.392. The Labute approximate surface area is 106 Å². The number of carbonyl (C=O) groups is 1. The molecular formula is C13H19FN2O2. The third kappa shape index (κ3) is 4.81.